The van der Waals surface area contributed by atoms with Crippen molar-refractivity contribution < 1.29 is 29.0 Å². The number of thiazole rings is 1. The van der Waals surface area contributed by atoms with E-state index in [9.17, 15) is 24.3 Å². The number of nitrogens with one attached hydrogen (secondary N) is 3. The molecule has 11 nitrogen and oxygen atoms in total. The summed E-state index contributed by atoms with van der Waals surface area (Å²) in [6.45, 7) is 19.1. The van der Waals surface area contributed by atoms with Crippen molar-refractivity contribution in [1.29, 1.82) is 0 Å². The monoisotopic (exact) mass is 757 g/mol. The largest absolute Gasteiger partial charge is 0.481 e. The molecule has 8 atom stereocenters. The summed E-state index contributed by atoms with van der Waals surface area (Å²) in [5.74, 6) is -2.09. The molecule has 4 N–H and O–H groups in total. The molecule has 53 heavy (non-hydrogen) atoms. The third-order valence-electron chi connectivity index (χ3n) is 10.2. The molecule has 12 heteroatoms. The van der Waals surface area contributed by atoms with E-state index < -0.39 is 36.1 Å². The molecular weight excluding hydrogens is 691 g/mol. The van der Waals surface area contributed by atoms with Crippen LogP contribution in [0.3, 0.4) is 0 Å². The van der Waals surface area contributed by atoms with Gasteiger partial charge in [-0.05, 0) is 56.0 Å². The SMILES string of the molecule is CCCO[C@H](C[C@H](C(C)C)N(CCC)C(=O)[C@@H](NC(=O)[C@@H](NC)[C@@H](C)CC)[C@@H](C)CC)c1nc(C(=O)N[C@@H](Cc2ccccc2)C[C@H](C)C(=O)O)cs1. The number of amides is 3. The number of carboxylic acid groups (broad SMARTS) is 1. The second-order valence-electron chi connectivity index (χ2n) is 14.9. The zero-order valence-corrected chi connectivity index (χ0v) is 34.6. The fourth-order valence-corrected chi connectivity index (χ4v) is 7.45. The summed E-state index contributed by atoms with van der Waals surface area (Å²) in [5, 5.41) is 21.3. The predicted octanol–water partition coefficient (Wildman–Crippen LogP) is 6.88. The van der Waals surface area contributed by atoms with Crippen LogP contribution >= 0.6 is 11.3 Å². The molecule has 2 aromatic rings. The number of aromatic nitrogens is 1. The summed E-state index contributed by atoms with van der Waals surface area (Å²) < 4.78 is 6.41. The number of hydrogen-bond acceptors (Lipinski definition) is 8. The van der Waals surface area contributed by atoms with Crippen LogP contribution in [-0.4, -0.2) is 83.0 Å². The highest BCUT2D eigenvalue weighted by molar-refractivity contribution is 7.09. The predicted molar refractivity (Wildman–Crippen MR) is 213 cm³/mol. The Morgan fingerprint density at radius 2 is 1.53 bits per heavy atom. The van der Waals surface area contributed by atoms with Gasteiger partial charge in [-0.15, -0.1) is 11.3 Å². The summed E-state index contributed by atoms with van der Waals surface area (Å²) in [6, 6.07) is 7.97. The lowest BCUT2D eigenvalue weighted by Crippen LogP contribution is -2.59. The lowest BCUT2D eigenvalue weighted by molar-refractivity contribution is -0.142. The molecule has 0 unspecified atom stereocenters. The van der Waals surface area contributed by atoms with Crippen LogP contribution in [0.1, 0.15) is 128 Å². The number of rotatable bonds is 25. The number of ether oxygens (including phenoxy) is 1. The molecule has 0 saturated carbocycles. The Balaban J connectivity index is 2.40. The summed E-state index contributed by atoms with van der Waals surface area (Å²) in [7, 11) is 1.78. The first kappa shape index (κ1) is 45.8. The Morgan fingerprint density at radius 3 is 2.08 bits per heavy atom. The summed E-state index contributed by atoms with van der Waals surface area (Å²) in [4.78, 5) is 60.1. The number of carbonyl (C=O) groups is 4. The quantitative estimate of drug-likeness (QED) is 0.0857. The van der Waals surface area contributed by atoms with Gasteiger partial charge in [0.25, 0.3) is 5.91 Å². The van der Waals surface area contributed by atoms with Gasteiger partial charge < -0.3 is 30.7 Å². The second kappa shape index (κ2) is 23.4. The number of benzene rings is 1. The van der Waals surface area contributed by atoms with Crippen LogP contribution in [0.4, 0.5) is 0 Å². The number of carboxylic acids is 1. The fraction of sp³-hybridized carbons (Fsp3) is 0.683. The van der Waals surface area contributed by atoms with E-state index in [-0.39, 0.29) is 53.6 Å². The minimum atomic E-state index is -0.911. The normalized spacial score (nSPS) is 16.1. The van der Waals surface area contributed by atoms with E-state index in [2.05, 4.69) is 36.7 Å². The summed E-state index contributed by atoms with van der Waals surface area (Å²) in [5.41, 5.74) is 1.25. The molecule has 0 radical (unpaired) electrons. The minimum Gasteiger partial charge on any atom is -0.481 e. The van der Waals surface area contributed by atoms with Gasteiger partial charge in [0.2, 0.25) is 11.8 Å². The molecule has 2 rings (SSSR count). The van der Waals surface area contributed by atoms with Gasteiger partial charge in [-0.25, -0.2) is 4.98 Å². The third kappa shape index (κ3) is 14.1. The average molecular weight is 758 g/mol. The Bertz CT molecular complexity index is 1400. The van der Waals surface area contributed by atoms with Crippen LogP contribution in [0.25, 0.3) is 0 Å². The van der Waals surface area contributed by atoms with E-state index in [1.54, 1.807) is 19.4 Å². The Kier molecular flexibility index (Phi) is 20.3. The van der Waals surface area contributed by atoms with Gasteiger partial charge >= 0.3 is 5.97 Å². The molecule has 1 aromatic heterocycles. The van der Waals surface area contributed by atoms with Crippen LogP contribution in [0.15, 0.2) is 35.7 Å². The maximum atomic E-state index is 14.6. The van der Waals surface area contributed by atoms with Gasteiger partial charge in [0.1, 0.15) is 22.8 Å². The zero-order chi connectivity index (χ0) is 39.7. The van der Waals surface area contributed by atoms with E-state index in [1.165, 1.54) is 11.3 Å². The van der Waals surface area contributed by atoms with Crippen molar-refractivity contribution in [2.75, 3.05) is 20.2 Å². The number of carbonyl (C=O) groups excluding carboxylic acids is 3. The van der Waals surface area contributed by atoms with E-state index in [0.29, 0.717) is 31.0 Å². The first-order valence-electron chi connectivity index (χ1n) is 19.6. The maximum absolute atomic E-state index is 14.6. The molecule has 0 bridgehead atoms. The van der Waals surface area contributed by atoms with E-state index in [4.69, 9.17) is 9.72 Å². The third-order valence-corrected chi connectivity index (χ3v) is 11.2. The average Bonchev–Trinajstić information content (AvgIpc) is 3.63. The van der Waals surface area contributed by atoms with Crippen molar-refractivity contribution in [3.05, 3.63) is 52.0 Å². The van der Waals surface area contributed by atoms with E-state index >= 15 is 0 Å². The van der Waals surface area contributed by atoms with Crippen molar-refractivity contribution >= 4 is 35.0 Å². The van der Waals surface area contributed by atoms with Crippen molar-refractivity contribution in [2.24, 2.45) is 23.7 Å². The topological polar surface area (TPSA) is 150 Å². The molecule has 0 fully saturated rings. The Labute approximate surface area is 322 Å². The van der Waals surface area contributed by atoms with Gasteiger partial charge in [-0.3, -0.25) is 19.2 Å². The standard InChI is InChI=1S/C41H67N5O6S/c1-11-20-46(40(49)36(28(8)14-4)45-38(48)35(42-10)27(7)13-3)33(26(5)6)24-34(52-21-12-2)39-44-32(25-53-39)37(47)43-31(22-29(9)41(50)51)23-30-18-16-15-17-19-30/h15-19,25-29,31,33-36,42H,11-14,20-24H2,1-10H3,(H,43,47)(H,45,48)(H,50,51)/t27-,28-,29-,31+,33+,34+,35-,36-/m0/s1. The van der Waals surface area contributed by atoms with Crippen molar-refractivity contribution in [1.82, 2.24) is 25.8 Å². The Morgan fingerprint density at radius 1 is 0.887 bits per heavy atom. The molecule has 0 aliphatic carbocycles. The molecule has 298 valence electrons. The number of hydrogen-bond donors (Lipinski definition) is 4. The van der Waals surface area contributed by atoms with Crippen LogP contribution in [-0.2, 0) is 25.5 Å². The lowest BCUT2D eigenvalue weighted by atomic mass is 9.91. The van der Waals surface area contributed by atoms with Gasteiger partial charge in [0, 0.05) is 37.0 Å². The molecule has 3 amide bonds. The lowest BCUT2D eigenvalue weighted by Gasteiger charge is -2.39. The fourth-order valence-electron chi connectivity index (χ4n) is 6.59. The smallest absolute Gasteiger partial charge is 0.306 e. The summed E-state index contributed by atoms with van der Waals surface area (Å²) >= 11 is 1.35. The maximum Gasteiger partial charge on any atom is 0.306 e. The number of nitrogens with zero attached hydrogens (tertiary/aromatic N) is 2. The zero-order valence-electron chi connectivity index (χ0n) is 33.8. The molecular formula is C41H67N5O6S. The molecule has 1 heterocycles. The van der Waals surface area contributed by atoms with Crippen molar-refractivity contribution in [3.8, 4) is 0 Å². The minimum absolute atomic E-state index is 0.0642. The molecule has 1 aromatic carbocycles. The van der Waals surface area contributed by atoms with Crippen molar-refractivity contribution in [3.63, 3.8) is 0 Å². The number of likely N-dealkylation sites (N-methyl/N-ethyl adjacent to an activating group) is 1. The molecule has 0 aliphatic rings. The highest BCUT2D eigenvalue weighted by Crippen LogP contribution is 2.32. The highest BCUT2D eigenvalue weighted by atomic mass is 32.1. The van der Waals surface area contributed by atoms with Gasteiger partial charge in [-0.1, -0.05) is 105 Å². The first-order chi connectivity index (χ1) is 25.2. The number of aliphatic carboxylic acids is 1. The highest BCUT2D eigenvalue weighted by Gasteiger charge is 2.38. The Hall–Kier alpha value is -3.35. The van der Waals surface area contributed by atoms with Crippen LogP contribution < -0.4 is 16.0 Å². The van der Waals surface area contributed by atoms with Crippen molar-refractivity contribution in [2.45, 2.75) is 138 Å². The van der Waals surface area contributed by atoms with Gasteiger partial charge in [0.05, 0.1) is 12.0 Å². The first-order valence-corrected chi connectivity index (χ1v) is 20.5. The van der Waals surface area contributed by atoms with Gasteiger partial charge in [-0.2, -0.15) is 0 Å². The molecule has 0 aliphatic heterocycles. The van der Waals surface area contributed by atoms with Crippen LogP contribution in [0.2, 0.25) is 0 Å². The summed E-state index contributed by atoms with van der Waals surface area (Å²) in [6.07, 6.45) is 3.85. The van der Waals surface area contributed by atoms with Crippen LogP contribution in [0, 0.1) is 23.7 Å². The molecule has 0 spiro atoms. The van der Waals surface area contributed by atoms with E-state index in [0.717, 1.165) is 31.2 Å². The van der Waals surface area contributed by atoms with E-state index in [1.807, 2.05) is 69.9 Å². The molecule has 0 saturated heterocycles. The van der Waals surface area contributed by atoms with Gasteiger partial charge in [0.15, 0.2) is 0 Å². The second-order valence-corrected chi connectivity index (χ2v) is 15.8. The van der Waals surface area contributed by atoms with Crippen LogP contribution in [0.5, 0.6) is 0 Å².